The number of hydrogen-bond donors (Lipinski definition) is 1. The molecule has 0 unspecified atom stereocenters. The van der Waals surface area contributed by atoms with E-state index in [9.17, 15) is 4.79 Å². The molecule has 4 rings (SSSR count). The summed E-state index contributed by atoms with van der Waals surface area (Å²) in [5, 5.41) is 8.46. The Bertz CT molecular complexity index is 784. The Morgan fingerprint density at radius 1 is 1.30 bits per heavy atom. The second-order valence-corrected chi connectivity index (χ2v) is 8.36. The van der Waals surface area contributed by atoms with E-state index in [1.165, 1.54) is 18.4 Å². The summed E-state index contributed by atoms with van der Waals surface area (Å²) >= 11 is 5.99. The van der Waals surface area contributed by atoms with Gasteiger partial charge in [-0.15, -0.1) is 0 Å². The van der Waals surface area contributed by atoms with Crippen LogP contribution in [0.2, 0.25) is 5.02 Å². The predicted molar refractivity (Wildman–Crippen MR) is 107 cm³/mol. The molecule has 1 aromatic carbocycles. The fourth-order valence-corrected chi connectivity index (χ4v) is 4.10. The predicted octanol–water partition coefficient (Wildman–Crippen LogP) is 2.86. The Hall–Kier alpha value is -1.85. The maximum Gasteiger partial charge on any atom is 0.227 e. The average Bonchev–Trinajstić information content (AvgIpc) is 3.16. The Kier molecular flexibility index (Phi) is 5.50. The van der Waals surface area contributed by atoms with Gasteiger partial charge in [0.2, 0.25) is 5.91 Å². The van der Waals surface area contributed by atoms with Crippen molar-refractivity contribution in [3.8, 4) is 0 Å². The van der Waals surface area contributed by atoms with Crippen LogP contribution in [0.3, 0.4) is 0 Å². The molecule has 2 aromatic rings. The Labute approximate surface area is 165 Å². The quantitative estimate of drug-likeness (QED) is 0.796. The fourth-order valence-electron chi connectivity index (χ4n) is 3.97. The number of aromatic nitrogens is 2. The molecule has 1 aliphatic heterocycles. The molecule has 27 heavy (non-hydrogen) atoms. The normalized spacial score (nSPS) is 22.1. The number of nitrogens with one attached hydrogen (secondary N) is 1. The first-order valence-corrected chi connectivity index (χ1v) is 10.2. The molecule has 1 aromatic heterocycles. The Balaban J connectivity index is 1.45. The molecule has 2 atom stereocenters. The van der Waals surface area contributed by atoms with Crippen LogP contribution in [-0.4, -0.2) is 46.8 Å². The lowest BCUT2D eigenvalue weighted by Gasteiger charge is -2.28. The lowest BCUT2D eigenvalue weighted by Crippen LogP contribution is -2.41. The molecule has 0 bridgehead atoms. The first-order chi connectivity index (χ1) is 13.1. The zero-order valence-corrected chi connectivity index (χ0v) is 16.5. The molecule has 2 aliphatic rings. The van der Waals surface area contributed by atoms with Gasteiger partial charge in [-0.2, -0.15) is 5.10 Å². The van der Waals surface area contributed by atoms with Crippen molar-refractivity contribution in [3.63, 3.8) is 0 Å². The van der Waals surface area contributed by atoms with Gasteiger partial charge in [-0.3, -0.25) is 9.48 Å². The van der Waals surface area contributed by atoms with Gasteiger partial charge in [0.1, 0.15) is 0 Å². The summed E-state index contributed by atoms with van der Waals surface area (Å²) in [7, 11) is 1.92. The standard InChI is InChI=1S/C21H27ClN4O/c1-25-14-17(10-24-25)19-11-23-12-20(19)21(27)26(13-16-2-3-16)9-8-15-4-6-18(22)7-5-15/h4-7,10,14,16,19-20,23H,2-3,8-9,11-13H2,1H3/t19-,20+/m1/s1. The molecule has 0 spiro atoms. The summed E-state index contributed by atoms with van der Waals surface area (Å²) < 4.78 is 1.82. The van der Waals surface area contributed by atoms with Crippen LogP contribution >= 0.6 is 11.6 Å². The third-order valence-corrected chi connectivity index (χ3v) is 6.01. The van der Waals surface area contributed by atoms with Gasteiger partial charge in [-0.25, -0.2) is 0 Å². The van der Waals surface area contributed by atoms with Gasteiger partial charge in [0.25, 0.3) is 0 Å². The minimum atomic E-state index is -0.00170. The molecule has 6 heteroatoms. The van der Waals surface area contributed by atoms with Crippen molar-refractivity contribution in [3.05, 3.63) is 52.8 Å². The van der Waals surface area contributed by atoms with Gasteiger partial charge in [0.15, 0.2) is 0 Å². The van der Waals surface area contributed by atoms with E-state index in [0.29, 0.717) is 5.92 Å². The summed E-state index contributed by atoms with van der Waals surface area (Å²) in [6.45, 7) is 3.26. The van der Waals surface area contributed by atoms with Gasteiger partial charge < -0.3 is 10.2 Å². The van der Waals surface area contributed by atoms with Gasteiger partial charge in [-0.1, -0.05) is 23.7 Å². The monoisotopic (exact) mass is 386 g/mol. The third kappa shape index (κ3) is 4.53. The highest BCUT2D eigenvalue weighted by atomic mass is 35.5. The van der Waals surface area contributed by atoms with Crippen LogP contribution in [0.25, 0.3) is 0 Å². The molecule has 144 valence electrons. The largest absolute Gasteiger partial charge is 0.342 e. The van der Waals surface area contributed by atoms with E-state index in [1.807, 2.05) is 36.3 Å². The van der Waals surface area contributed by atoms with Gasteiger partial charge in [0.05, 0.1) is 12.1 Å². The minimum absolute atomic E-state index is 0.00170. The highest BCUT2D eigenvalue weighted by Gasteiger charge is 2.38. The maximum atomic E-state index is 13.4. The number of aryl methyl sites for hydroxylation is 1. The Morgan fingerprint density at radius 3 is 2.74 bits per heavy atom. The molecule has 2 fully saturated rings. The molecule has 1 amide bonds. The average molecular weight is 387 g/mol. The van der Waals surface area contributed by atoms with Crippen molar-refractivity contribution in [2.24, 2.45) is 18.9 Å². The van der Waals surface area contributed by atoms with Crippen LogP contribution in [0.15, 0.2) is 36.7 Å². The highest BCUT2D eigenvalue weighted by molar-refractivity contribution is 6.30. The molecule has 5 nitrogen and oxygen atoms in total. The van der Waals surface area contributed by atoms with Crippen LogP contribution in [0.1, 0.15) is 29.9 Å². The number of amides is 1. The van der Waals surface area contributed by atoms with Crippen molar-refractivity contribution in [1.82, 2.24) is 20.0 Å². The SMILES string of the molecule is Cn1cc([C@H]2CNC[C@@H]2C(=O)N(CCc2ccc(Cl)cc2)CC2CC2)cn1. The van der Waals surface area contributed by atoms with Crippen LogP contribution < -0.4 is 5.32 Å². The number of carbonyl (C=O) groups is 1. The molecule has 1 saturated carbocycles. The number of halogens is 1. The minimum Gasteiger partial charge on any atom is -0.342 e. The van der Waals surface area contributed by atoms with Crippen LogP contribution in [0.4, 0.5) is 0 Å². The van der Waals surface area contributed by atoms with Crippen molar-refractivity contribution in [2.75, 3.05) is 26.2 Å². The zero-order valence-electron chi connectivity index (χ0n) is 15.8. The third-order valence-electron chi connectivity index (χ3n) is 5.76. The van der Waals surface area contributed by atoms with Gasteiger partial charge in [0, 0.05) is 50.4 Å². The lowest BCUT2D eigenvalue weighted by atomic mass is 9.89. The maximum absolute atomic E-state index is 13.4. The van der Waals surface area contributed by atoms with Crippen LogP contribution in [0, 0.1) is 11.8 Å². The molecular formula is C21H27ClN4O. The topological polar surface area (TPSA) is 50.2 Å². The smallest absolute Gasteiger partial charge is 0.227 e. The van der Waals surface area contributed by atoms with Gasteiger partial charge >= 0.3 is 0 Å². The number of hydrogen-bond acceptors (Lipinski definition) is 3. The van der Waals surface area contributed by atoms with Crippen LogP contribution in [0.5, 0.6) is 0 Å². The van der Waals surface area contributed by atoms with E-state index in [4.69, 9.17) is 11.6 Å². The summed E-state index contributed by atoms with van der Waals surface area (Å²) in [4.78, 5) is 15.5. The summed E-state index contributed by atoms with van der Waals surface area (Å²) in [5.41, 5.74) is 2.38. The van der Waals surface area contributed by atoms with E-state index >= 15 is 0 Å². The number of rotatable bonds is 7. The summed E-state index contributed by atoms with van der Waals surface area (Å²) in [5.74, 6) is 1.18. The van der Waals surface area contributed by atoms with Crippen molar-refractivity contribution in [2.45, 2.75) is 25.2 Å². The van der Waals surface area contributed by atoms with E-state index in [1.54, 1.807) is 0 Å². The van der Waals surface area contributed by atoms with E-state index in [0.717, 1.165) is 43.2 Å². The van der Waals surface area contributed by atoms with Crippen molar-refractivity contribution in [1.29, 1.82) is 0 Å². The number of carbonyl (C=O) groups excluding carboxylic acids is 1. The summed E-state index contributed by atoms with van der Waals surface area (Å²) in [6, 6.07) is 7.95. The molecule has 1 N–H and O–H groups in total. The van der Waals surface area contributed by atoms with E-state index in [-0.39, 0.29) is 17.7 Å². The first-order valence-electron chi connectivity index (χ1n) is 9.82. The zero-order chi connectivity index (χ0) is 18.8. The van der Waals surface area contributed by atoms with Crippen molar-refractivity contribution < 1.29 is 4.79 Å². The highest BCUT2D eigenvalue weighted by Crippen LogP contribution is 2.33. The van der Waals surface area contributed by atoms with Crippen molar-refractivity contribution >= 4 is 17.5 Å². The second kappa shape index (κ2) is 8.03. The number of nitrogens with zero attached hydrogens (tertiary/aromatic N) is 3. The lowest BCUT2D eigenvalue weighted by molar-refractivity contribution is -0.135. The van der Waals surface area contributed by atoms with Gasteiger partial charge in [-0.05, 0) is 48.4 Å². The molecule has 2 heterocycles. The molecule has 0 radical (unpaired) electrons. The molecule has 1 aliphatic carbocycles. The van der Waals surface area contributed by atoms with Crippen LogP contribution in [-0.2, 0) is 18.3 Å². The van der Waals surface area contributed by atoms with E-state index < -0.39 is 0 Å². The molecule has 1 saturated heterocycles. The number of benzene rings is 1. The second-order valence-electron chi connectivity index (χ2n) is 7.92. The summed E-state index contributed by atoms with van der Waals surface area (Å²) in [6.07, 6.45) is 7.31. The van der Waals surface area contributed by atoms with E-state index in [2.05, 4.69) is 27.4 Å². The molecular weight excluding hydrogens is 360 g/mol. The fraction of sp³-hybridized carbons (Fsp3) is 0.524. The first kappa shape index (κ1) is 18.5. The Morgan fingerprint density at radius 2 is 2.07 bits per heavy atom.